The summed E-state index contributed by atoms with van der Waals surface area (Å²) in [6.07, 6.45) is 0. The largest absolute Gasteiger partial charge is 0.494 e. The molecule has 2 heterocycles. The second-order valence-corrected chi connectivity index (χ2v) is 16.1. The minimum absolute atomic E-state index is 0.437. The molecule has 0 radical (unpaired) electrons. The molecular formula is C50H39BN2O2. The first kappa shape index (κ1) is 32.4. The van der Waals surface area contributed by atoms with Crippen molar-refractivity contribution in [3.8, 4) is 50.5 Å². The molecule has 264 valence electrons. The van der Waals surface area contributed by atoms with Crippen LogP contribution < -0.4 is 5.46 Å². The summed E-state index contributed by atoms with van der Waals surface area (Å²) in [5, 5.41) is 0. The number of aromatic nitrogens is 2. The Morgan fingerprint density at radius 2 is 1.00 bits per heavy atom. The molecule has 0 bridgehead atoms. The van der Waals surface area contributed by atoms with E-state index in [0.29, 0.717) is 0 Å². The Labute approximate surface area is 322 Å². The van der Waals surface area contributed by atoms with E-state index in [-0.39, 0.29) is 0 Å². The van der Waals surface area contributed by atoms with Crippen molar-refractivity contribution < 1.29 is 9.31 Å². The molecule has 1 saturated heterocycles. The van der Waals surface area contributed by atoms with Gasteiger partial charge in [0.1, 0.15) is 5.82 Å². The second kappa shape index (κ2) is 11.5. The summed E-state index contributed by atoms with van der Waals surface area (Å²) in [6, 6.07) is 59.6. The van der Waals surface area contributed by atoms with Gasteiger partial charge in [-0.1, -0.05) is 133 Å². The quantitative estimate of drug-likeness (QED) is 0.171. The Bertz CT molecular complexity index is 2790. The highest BCUT2D eigenvalue weighted by Crippen LogP contribution is 2.63. The molecule has 1 spiro atoms. The van der Waals surface area contributed by atoms with Crippen LogP contribution in [0.15, 0.2) is 164 Å². The molecule has 0 saturated carbocycles. The van der Waals surface area contributed by atoms with Crippen LogP contribution >= 0.6 is 0 Å². The van der Waals surface area contributed by atoms with Crippen molar-refractivity contribution in [2.45, 2.75) is 44.3 Å². The molecule has 5 heteroatoms. The SMILES string of the molecule is CC1(C)OB(c2ccc3c(c2)C2(c4ccccc4-c4ccccc42)c2cc(-c4ccccc4-c4nc5ccccc5n4-c4ccccc4)ccc2-3)OC1(C)C. The summed E-state index contributed by atoms with van der Waals surface area (Å²) in [6.45, 7) is 8.48. The van der Waals surface area contributed by atoms with Gasteiger partial charge in [-0.25, -0.2) is 4.98 Å². The van der Waals surface area contributed by atoms with Crippen molar-refractivity contribution in [2.75, 3.05) is 0 Å². The van der Waals surface area contributed by atoms with Crippen LogP contribution in [0.4, 0.5) is 0 Å². The number of hydrogen-bond donors (Lipinski definition) is 0. The van der Waals surface area contributed by atoms with E-state index in [2.05, 4.69) is 196 Å². The smallest absolute Gasteiger partial charge is 0.399 e. The second-order valence-electron chi connectivity index (χ2n) is 16.1. The molecule has 1 fully saturated rings. The van der Waals surface area contributed by atoms with Gasteiger partial charge in [0.05, 0.1) is 27.7 Å². The molecule has 7 aromatic carbocycles. The first-order chi connectivity index (χ1) is 26.8. The fourth-order valence-electron chi connectivity index (χ4n) is 9.43. The van der Waals surface area contributed by atoms with Crippen LogP contribution in [0.2, 0.25) is 0 Å². The Morgan fingerprint density at radius 3 is 1.69 bits per heavy atom. The van der Waals surface area contributed by atoms with Gasteiger partial charge in [0.15, 0.2) is 0 Å². The van der Waals surface area contributed by atoms with Gasteiger partial charge in [-0.15, -0.1) is 0 Å². The average molecular weight is 711 g/mol. The molecule has 1 aliphatic heterocycles. The highest BCUT2D eigenvalue weighted by Gasteiger charge is 2.54. The van der Waals surface area contributed by atoms with Gasteiger partial charge in [0, 0.05) is 11.3 Å². The van der Waals surface area contributed by atoms with Crippen molar-refractivity contribution in [2.24, 2.45) is 0 Å². The third-order valence-electron chi connectivity index (χ3n) is 12.7. The summed E-state index contributed by atoms with van der Waals surface area (Å²) in [5.41, 5.74) is 16.4. The van der Waals surface area contributed by atoms with Crippen LogP contribution in [0, 0.1) is 0 Å². The zero-order chi connectivity index (χ0) is 37.1. The van der Waals surface area contributed by atoms with E-state index >= 15 is 0 Å². The molecule has 2 aliphatic carbocycles. The summed E-state index contributed by atoms with van der Waals surface area (Å²) in [7, 11) is -0.464. The molecule has 8 aromatic rings. The van der Waals surface area contributed by atoms with Gasteiger partial charge in [0.2, 0.25) is 0 Å². The van der Waals surface area contributed by atoms with E-state index in [1.165, 1.54) is 44.5 Å². The minimum atomic E-state index is -0.528. The standard InChI is InChI=1S/C50H39BN2O2/c1-48(2)49(3,4)55-51(54-48)33-27-29-39-38-28-26-32(30-43(38)50(44(39)31-33)41-22-12-10-19-36(41)37-20-11-13-23-42(37)50)35-18-8-9-21-40(35)47-52-45-24-14-15-25-46(45)53(47)34-16-6-5-7-17-34/h5-31H,1-4H3. The monoisotopic (exact) mass is 710 g/mol. The number of fused-ring (bicyclic) bond motifs is 11. The minimum Gasteiger partial charge on any atom is -0.399 e. The maximum Gasteiger partial charge on any atom is 0.494 e. The van der Waals surface area contributed by atoms with Crippen LogP contribution in [-0.2, 0) is 14.7 Å². The lowest BCUT2D eigenvalue weighted by molar-refractivity contribution is 0.00578. The van der Waals surface area contributed by atoms with E-state index in [1.54, 1.807) is 0 Å². The van der Waals surface area contributed by atoms with Crippen molar-refractivity contribution in [3.63, 3.8) is 0 Å². The predicted molar refractivity (Wildman–Crippen MR) is 224 cm³/mol. The number of para-hydroxylation sites is 3. The maximum absolute atomic E-state index is 6.64. The summed E-state index contributed by atoms with van der Waals surface area (Å²) in [5.74, 6) is 0.921. The highest BCUT2D eigenvalue weighted by atomic mass is 16.7. The third-order valence-corrected chi connectivity index (χ3v) is 12.7. The van der Waals surface area contributed by atoms with Crippen LogP contribution in [0.25, 0.3) is 61.5 Å². The van der Waals surface area contributed by atoms with Gasteiger partial charge in [-0.05, 0) is 119 Å². The Kier molecular flexibility index (Phi) is 6.78. The van der Waals surface area contributed by atoms with Crippen LogP contribution in [0.3, 0.4) is 0 Å². The molecular weight excluding hydrogens is 671 g/mol. The van der Waals surface area contributed by atoms with Crippen LogP contribution in [-0.4, -0.2) is 27.9 Å². The average Bonchev–Trinajstić information content (AvgIpc) is 3.90. The topological polar surface area (TPSA) is 36.3 Å². The zero-order valence-electron chi connectivity index (χ0n) is 31.4. The van der Waals surface area contributed by atoms with Crippen molar-refractivity contribution >= 4 is 23.6 Å². The highest BCUT2D eigenvalue weighted by molar-refractivity contribution is 6.62. The van der Waals surface area contributed by atoms with Crippen LogP contribution in [0.5, 0.6) is 0 Å². The molecule has 1 aromatic heterocycles. The van der Waals surface area contributed by atoms with Crippen molar-refractivity contribution in [1.82, 2.24) is 9.55 Å². The Morgan fingerprint density at radius 1 is 0.473 bits per heavy atom. The van der Waals surface area contributed by atoms with Crippen molar-refractivity contribution in [1.29, 1.82) is 0 Å². The third kappa shape index (κ3) is 4.45. The van der Waals surface area contributed by atoms with Crippen LogP contribution in [0.1, 0.15) is 49.9 Å². The first-order valence-corrected chi connectivity index (χ1v) is 19.2. The maximum atomic E-state index is 6.64. The lowest BCUT2D eigenvalue weighted by Gasteiger charge is -2.32. The zero-order valence-corrected chi connectivity index (χ0v) is 31.4. The van der Waals surface area contributed by atoms with Crippen molar-refractivity contribution in [3.05, 3.63) is 186 Å². The number of nitrogens with zero attached hydrogens (tertiary/aromatic N) is 2. The van der Waals surface area contributed by atoms with Gasteiger partial charge in [-0.3, -0.25) is 4.57 Å². The predicted octanol–water partition coefficient (Wildman–Crippen LogP) is 11.0. The number of hydrogen-bond acceptors (Lipinski definition) is 3. The molecule has 0 N–H and O–H groups in total. The number of benzene rings is 7. The van der Waals surface area contributed by atoms with Gasteiger partial charge < -0.3 is 9.31 Å². The summed E-state index contributed by atoms with van der Waals surface area (Å²) < 4.78 is 15.6. The Balaban J connectivity index is 1.15. The Hall–Kier alpha value is -6.01. The number of rotatable bonds is 4. The molecule has 0 amide bonds. The van der Waals surface area contributed by atoms with E-state index in [1.807, 2.05) is 0 Å². The molecule has 55 heavy (non-hydrogen) atoms. The molecule has 11 rings (SSSR count). The molecule has 4 nitrogen and oxygen atoms in total. The lowest BCUT2D eigenvalue weighted by Crippen LogP contribution is -2.41. The summed E-state index contributed by atoms with van der Waals surface area (Å²) >= 11 is 0. The fraction of sp³-hybridized carbons (Fsp3) is 0.140. The first-order valence-electron chi connectivity index (χ1n) is 19.2. The van der Waals surface area contributed by atoms with Gasteiger partial charge >= 0.3 is 7.12 Å². The normalized spacial score (nSPS) is 16.6. The van der Waals surface area contributed by atoms with E-state index < -0.39 is 23.7 Å². The van der Waals surface area contributed by atoms with Gasteiger partial charge in [-0.2, -0.15) is 0 Å². The molecule has 3 aliphatic rings. The van der Waals surface area contributed by atoms with Gasteiger partial charge in [0.25, 0.3) is 0 Å². The summed E-state index contributed by atoms with van der Waals surface area (Å²) in [4.78, 5) is 5.29. The lowest BCUT2D eigenvalue weighted by atomic mass is 9.68. The van der Waals surface area contributed by atoms with E-state index in [0.717, 1.165) is 44.7 Å². The molecule has 0 unspecified atom stereocenters. The van der Waals surface area contributed by atoms with E-state index in [9.17, 15) is 0 Å². The molecule has 0 atom stereocenters. The number of imidazole rings is 1. The fourth-order valence-corrected chi connectivity index (χ4v) is 9.43. The van der Waals surface area contributed by atoms with E-state index in [4.69, 9.17) is 14.3 Å².